The minimum Gasteiger partial charge on any atom is -0.336 e. The number of aromatic nitrogens is 1. The molecule has 1 amide bonds. The minimum atomic E-state index is -3.82. The summed E-state index contributed by atoms with van der Waals surface area (Å²) < 4.78 is 28.6. The minimum absolute atomic E-state index is 0.0820. The third-order valence-corrected chi connectivity index (χ3v) is 7.59. The summed E-state index contributed by atoms with van der Waals surface area (Å²) in [5.74, 6) is -0.0820. The van der Waals surface area contributed by atoms with E-state index in [2.05, 4.69) is 26.7 Å². The molecule has 8 heteroatoms. The quantitative estimate of drug-likeness (QED) is 0.446. The van der Waals surface area contributed by atoms with Crippen molar-refractivity contribution >= 4 is 32.5 Å². The molecule has 0 radical (unpaired) electrons. The maximum absolute atomic E-state index is 13.0. The summed E-state index contributed by atoms with van der Waals surface area (Å²) in [6.45, 7) is 3.76. The van der Waals surface area contributed by atoms with Crippen LogP contribution in [0.5, 0.6) is 0 Å². The van der Waals surface area contributed by atoms with Gasteiger partial charge in [0.05, 0.1) is 16.1 Å². The maximum Gasteiger partial charge on any atom is 0.261 e. The average molecular weight is 487 g/mol. The molecule has 7 nitrogen and oxygen atoms in total. The van der Waals surface area contributed by atoms with Crippen LogP contribution in [-0.4, -0.2) is 55.3 Å². The van der Waals surface area contributed by atoms with E-state index in [9.17, 15) is 13.2 Å². The van der Waals surface area contributed by atoms with E-state index in [4.69, 9.17) is 0 Å². The van der Waals surface area contributed by atoms with E-state index in [0.29, 0.717) is 29.9 Å². The monoisotopic (exact) mass is 486 g/mol. The molecule has 0 saturated carbocycles. The van der Waals surface area contributed by atoms with Crippen LogP contribution in [0, 0.1) is 0 Å². The van der Waals surface area contributed by atoms with E-state index in [1.54, 1.807) is 36.5 Å². The summed E-state index contributed by atoms with van der Waals surface area (Å²) >= 11 is 0. The number of benzene rings is 3. The SMILES string of the molecule is O=C(c1ccc(S(=O)(=O)Nc2cccc3ncccc23)cc1)N1CCN(Cc2ccccc2)CC1. The predicted octanol–water partition coefficient (Wildman–Crippen LogP) is 3.99. The number of pyridine rings is 1. The van der Waals surface area contributed by atoms with Gasteiger partial charge in [-0.3, -0.25) is 19.4 Å². The van der Waals surface area contributed by atoms with E-state index in [0.717, 1.165) is 25.0 Å². The van der Waals surface area contributed by atoms with Crippen LogP contribution < -0.4 is 4.72 Å². The molecule has 0 atom stereocenters. The molecule has 0 bridgehead atoms. The van der Waals surface area contributed by atoms with Gasteiger partial charge >= 0.3 is 0 Å². The molecule has 0 unspecified atom stereocenters. The first kappa shape index (κ1) is 23.0. The highest BCUT2D eigenvalue weighted by Gasteiger charge is 2.23. The van der Waals surface area contributed by atoms with Gasteiger partial charge in [0, 0.05) is 49.9 Å². The summed E-state index contributed by atoms with van der Waals surface area (Å²) in [6, 6.07) is 25.3. The molecule has 1 saturated heterocycles. The molecular weight excluding hydrogens is 460 g/mol. The second kappa shape index (κ2) is 9.85. The summed E-state index contributed by atoms with van der Waals surface area (Å²) in [7, 11) is -3.82. The van der Waals surface area contributed by atoms with Gasteiger partial charge in [0.15, 0.2) is 0 Å². The normalized spacial score (nSPS) is 14.7. The zero-order chi connectivity index (χ0) is 24.3. The van der Waals surface area contributed by atoms with Gasteiger partial charge in [0.2, 0.25) is 0 Å². The van der Waals surface area contributed by atoms with Gasteiger partial charge in [-0.2, -0.15) is 0 Å². The first-order valence-corrected chi connectivity index (χ1v) is 13.0. The molecule has 178 valence electrons. The Labute approximate surface area is 205 Å². The Kier molecular flexibility index (Phi) is 6.48. The molecule has 1 aliphatic heterocycles. The van der Waals surface area contributed by atoms with Crippen molar-refractivity contribution in [1.82, 2.24) is 14.8 Å². The third kappa shape index (κ3) is 5.18. The molecule has 3 aromatic carbocycles. The van der Waals surface area contributed by atoms with Crippen molar-refractivity contribution in [1.29, 1.82) is 0 Å². The fraction of sp³-hybridized carbons (Fsp3) is 0.185. The Bertz CT molecular complexity index is 1430. The molecule has 35 heavy (non-hydrogen) atoms. The first-order chi connectivity index (χ1) is 17.0. The van der Waals surface area contributed by atoms with Crippen molar-refractivity contribution in [2.24, 2.45) is 0 Å². The number of fused-ring (bicyclic) bond motifs is 1. The molecule has 4 aromatic rings. The lowest BCUT2D eigenvalue weighted by Gasteiger charge is -2.34. The van der Waals surface area contributed by atoms with Gasteiger partial charge in [-0.05, 0) is 54.1 Å². The maximum atomic E-state index is 13.0. The fourth-order valence-electron chi connectivity index (χ4n) is 4.31. The number of carbonyl (C=O) groups is 1. The van der Waals surface area contributed by atoms with E-state index >= 15 is 0 Å². The lowest BCUT2D eigenvalue weighted by molar-refractivity contribution is 0.0628. The largest absolute Gasteiger partial charge is 0.336 e. The van der Waals surface area contributed by atoms with Gasteiger partial charge in [0.25, 0.3) is 15.9 Å². The molecule has 0 aliphatic carbocycles. The number of anilines is 1. The summed E-state index contributed by atoms with van der Waals surface area (Å²) in [5, 5.41) is 0.719. The number of hydrogen-bond acceptors (Lipinski definition) is 5. The number of nitrogens with one attached hydrogen (secondary N) is 1. The zero-order valence-electron chi connectivity index (χ0n) is 19.2. The Morgan fingerprint density at radius 2 is 1.57 bits per heavy atom. The molecule has 1 N–H and O–H groups in total. The Morgan fingerprint density at radius 3 is 2.31 bits per heavy atom. The van der Waals surface area contributed by atoms with Crippen molar-refractivity contribution < 1.29 is 13.2 Å². The first-order valence-electron chi connectivity index (χ1n) is 11.5. The molecular formula is C27H26N4O3S. The Balaban J connectivity index is 1.23. The standard InChI is InChI=1S/C27H26N4O3S/c32-27(31-18-16-30(17-19-31)20-21-6-2-1-3-7-21)22-11-13-23(14-12-22)35(33,34)29-26-10-4-9-25-24(26)8-5-15-28-25/h1-15,29H,16-20H2. The number of nitrogens with zero attached hydrogens (tertiary/aromatic N) is 3. The highest BCUT2D eigenvalue weighted by molar-refractivity contribution is 7.92. The van der Waals surface area contributed by atoms with Crippen LogP contribution in [-0.2, 0) is 16.6 Å². The van der Waals surface area contributed by atoms with Crippen molar-refractivity contribution in [3.8, 4) is 0 Å². The van der Waals surface area contributed by atoms with E-state index in [-0.39, 0.29) is 10.8 Å². The van der Waals surface area contributed by atoms with Crippen molar-refractivity contribution in [3.63, 3.8) is 0 Å². The van der Waals surface area contributed by atoms with Gasteiger partial charge in [-0.1, -0.05) is 36.4 Å². The van der Waals surface area contributed by atoms with Crippen LogP contribution in [0.2, 0.25) is 0 Å². The van der Waals surface area contributed by atoms with Crippen molar-refractivity contribution in [2.45, 2.75) is 11.4 Å². The van der Waals surface area contributed by atoms with Crippen molar-refractivity contribution in [2.75, 3.05) is 30.9 Å². The second-order valence-electron chi connectivity index (χ2n) is 8.56. The van der Waals surface area contributed by atoms with Crippen LogP contribution in [0.25, 0.3) is 10.9 Å². The van der Waals surface area contributed by atoms with Gasteiger partial charge in [-0.25, -0.2) is 8.42 Å². The number of amides is 1. The van der Waals surface area contributed by atoms with Crippen LogP contribution in [0.1, 0.15) is 15.9 Å². The molecule has 1 aliphatic rings. The number of carbonyl (C=O) groups excluding carboxylic acids is 1. The highest BCUT2D eigenvalue weighted by atomic mass is 32.2. The van der Waals surface area contributed by atoms with Gasteiger partial charge < -0.3 is 4.90 Å². The number of rotatable bonds is 6. The van der Waals surface area contributed by atoms with Crippen LogP contribution in [0.3, 0.4) is 0 Å². The van der Waals surface area contributed by atoms with Gasteiger partial charge in [0.1, 0.15) is 0 Å². The smallest absolute Gasteiger partial charge is 0.261 e. The predicted molar refractivity (Wildman–Crippen MR) is 137 cm³/mol. The summed E-state index contributed by atoms with van der Waals surface area (Å²) in [6.07, 6.45) is 1.67. The summed E-state index contributed by atoms with van der Waals surface area (Å²) in [5.41, 5.74) is 2.91. The van der Waals surface area contributed by atoms with Crippen LogP contribution in [0.4, 0.5) is 5.69 Å². The van der Waals surface area contributed by atoms with E-state index in [1.807, 2.05) is 35.2 Å². The third-order valence-electron chi connectivity index (χ3n) is 6.21. The Morgan fingerprint density at radius 1 is 0.829 bits per heavy atom. The van der Waals surface area contributed by atoms with E-state index < -0.39 is 10.0 Å². The molecule has 1 fully saturated rings. The van der Waals surface area contributed by atoms with Crippen molar-refractivity contribution in [3.05, 3.63) is 102 Å². The van der Waals surface area contributed by atoms with E-state index in [1.165, 1.54) is 17.7 Å². The molecule has 1 aromatic heterocycles. The number of hydrogen-bond donors (Lipinski definition) is 1. The van der Waals surface area contributed by atoms with Crippen LogP contribution >= 0.6 is 0 Å². The molecule has 0 spiro atoms. The molecule has 5 rings (SSSR count). The fourth-order valence-corrected chi connectivity index (χ4v) is 5.39. The number of piperazine rings is 1. The molecule has 2 heterocycles. The topological polar surface area (TPSA) is 82.6 Å². The lowest BCUT2D eigenvalue weighted by atomic mass is 10.1. The number of sulfonamides is 1. The average Bonchev–Trinajstić information content (AvgIpc) is 2.89. The Hall–Kier alpha value is -3.75. The zero-order valence-corrected chi connectivity index (χ0v) is 20.0. The second-order valence-corrected chi connectivity index (χ2v) is 10.2. The van der Waals surface area contributed by atoms with Gasteiger partial charge in [-0.15, -0.1) is 0 Å². The lowest BCUT2D eigenvalue weighted by Crippen LogP contribution is -2.48. The highest BCUT2D eigenvalue weighted by Crippen LogP contribution is 2.24. The van der Waals surface area contributed by atoms with Crippen LogP contribution in [0.15, 0.2) is 96.0 Å². The summed E-state index contributed by atoms with van der Waals surface area (Å²) in [4.78, 5) is 21.5.